The monoisotopic (exact) mass is 254 g/mol. The zero-order chi connectivity index (χ0) is 11.0. The first-order valence-corrected chi connectivity index (χ1v) is 5.18. The Hall–Kier alpha value is -1.01. The quantitative estimate of drug-likeness (QED) is 0.821. The number of halogens is 1. The first-order valence-electron chi connectivity index (χ1n) is 4.39. The number of hydrogen-bond acceptors (Lipinski definition) is 2. The molecule has 0 amide bonds. The van der Waals surface area contributed by atoms with E-state index in [-0.39, 0.29) is 0 Å². The minimum Gasteiger partial charge on any atom is -0.370 e. The summed E-state index contributed by atoms with van der Waals surface area (Å²) in [6.07, 6.45) is 6.39. The molecule has 0 aliphatic carbocycles. The molecule has 1 aromatic rings. The third kappa shape index (κ3) is 4.88. The Morgan fingerprint density at radius 2 is 2.21 bits per heavy atom. The molecule has 0 radical (unpaired) electrons. The Morgan fingerprint density at radius 1 is 1.64 bits per heavy atom. The number of nitrogens with zero attached hydrogens (tertiary/aromatic N) is 1. The number of rotatable bonds is 2. The Labute approximate surface area is 94.3 Å². The van der Waals surface area contributed by atoms with Gasteiger partial charge in [-0.3, -0.25) is 0 Å². The molecule has 1 rings (SSSR count). The van der Waals surface area contributed by atoms with Gasteiger partial charge in [-0.15, -0.1) is 12.3 Å². The van der Waals surface area contributed by atoms with Gasteiger partial charge in [0, 0.05) is 17.2 Å². The van der Waals surface area contributed by atoms with E-state index in [1.54, 1.807) is 13.1 Å². The van der Waals surface area contributed by atoms with Crippen molar-refractivity contribution in [3.63, 3.8) is 0 Å². The van der Waals surface area contributed by atoms with E-state index in [1.165, 1.54) is 5.56 Å². The number of anilines is 1. The van der Waals surface area contributed by atoms with Crippen LogP contribution in [0.15, 0.2) is 16.7 Å². The van der Waals surface area contributed by atoms with Gasteiger partial charge in [-0.25, -0.2) is 4.98 Å². The van der Waals surface area contributed by atoms with Crippen LogP contribution in [0.3, 0.4) is 0 Å². The molecule has 1 heterocycles. The van der Waals surface area contributed by atoms with Crippen LogP contribution in [0.5, 0.6) is 0 Å². The van der Waals surface area contributed by atoms with Crippen molar-refractivity contribution in [2.45, 2.75) is 20.8 Å². The van der Waals surface area contributed by atoms with E-state index in [0.29, 0.717) is 0 Å². The van der Waals surface area contributed by atoms with E-state index in [9.17, 15) is 0 Å². The number of terminal acetylenes is 1. The predicted molar refractivity (Wildman–Crippen MR) is 65.3 cm³/mol. The van der Waals surface area contributed by atoms with Crippen molar-refractivity contribution in [3.05, 3.63) is 22.3 Å². The van der Waals surface area contributed by atoms with E-state index in [2.05, 4.69) is 45.5 Å². The molecule has 2 nitrogen and oxygen atoms in total. The largest absolute Gasteiger partial charge is 0.370 e. The van der Waals surface area contributed by atoms with Crippen LogP contribution in [0.2, 0.25) is 0 Å². The fourth-order valence-electron chi connectivity index (χ4n) is 0.893. The molecule has 3 heteroatoms. The summed E-state index contributed by atoms with van der Waals surface area (Å²) in [4.78, 5) is 4.21. The number of hydrogen-bond donors (Lipinski definition) is 1. The summed E-state index contributed by atoms with van der Waals surface area (Å²) in [5.41, 5.74) is 1.17. The molecule has 1 N–H and O–H groups in total. The van der Waals surface area contributed by atoms with Crippen LogP contribution in [0.1, 0.15) is 19.4 Å². The van der Waals surface area contributed by atoms with Gasteiger partial charge in [-0.1, -0.05) is 0 Å². The molecule has 0 aliphatic rings. The van der Waals surface area contributed by atoms with E-state index in [0.717, 1.165) is 16.8 Å². The highest BCUT2D eigenvalue weighted by Gasteiger charge is 1.96. The fraction of sp³-hybridized carbons (Fsp3) is 0.364. The minimum absolute atomic E-state index is 0.912. The van der Waals surface area contributed by atoms with Crippen molar-refractivity contribution in [3.8, 4) is 12.3 Å². The predicted octanol–water partition coefficient (Wildman–Crippen LogP) is 3.22. The van der Waals surface area contributed by atoms with Crippen LogP contribution >= 0.6 is 15.9 Å². The lowest BCUT2D eigenvalue weighted by atomic mass is 10.3. The van der Waals surface area contributed by atoms with Crippen LogP contribution in [0.4, 0.5) is 5.82 Å². The van der Waals surface area contributed by atoms with Gasteiger partial charge in [0.25, 0.3) is 0 Å². The molecule has 0 unspecified atom stereocenters. The highest BCUT2D eigenvalue weighted by atomic mass is 79.9. The van der Waals surface area contributed by atoms with E-state index in [1.807, 2.05) is 13.0 Å². The first-order chi connectivity index (χ1) is 6.65. The van der Waals surface area contributed by atoms with E-state index in [4.69, 9.17) is 0 Å². The van der Waals surface area contributed by atoms with E-state index >= 15 is 0 Å². The second-order valence-electron chi connectivity index (χ2n) is 2.64. The van der Waals surface area contributed by atoms with Gasteiger partial charge in [-0.05, 0) is 48.3 Å². The Balaban J connectivity index is 0.000000500. The molecule has 1 aromatic heterocycles. The number of aromatic nitrogens is 1. The third-order valence-electron chi connectivity index (χ3n) is 1.39. The highest BCUT2D eigenvalue weighted by molar-refractivity contribution is 9.10. The molecule has 0 aromatic carbocycles. The second kappa shape index (κ2) is 7.40. The fourth-order valence-corrected chi connectivity index (χ4v) is 1.34. The SMILES string of the molecule is C#CC.CCNc1ncc(Br)cc1C. The maximum absolute atomic E-state index is 4.60. The van der Waals surface area contributed by atoms with Gasteiger partial charge in [0.15, 0.2) is 0 Å². The summed E-state index contributed by atoms with van der Waals surface area (Å²) in [7, 11) is 0. The molecule has 0 spiro atoms. The summed E-state index contributed by atoms with van der Waals surface area (Å²) in [5, 5.41) is 3.17. The second-order valence-corrected chi connectivity index (χ2v) is 3.55. The van der Waals surface area contributed by atoms with Crippen molar-refractivity contribution in [2.75, 3.05) is 11.9 Å². The Morgan fingerprint density at radius 3 is 2.64 bits per heavy atom. The topological polar surface area (TPSA) is 24.9 Å². The van der Waals surface area contributed by atoms with Crippen LogP contribution in [0, 0.1) is 19.3 Å². The molecule has 0 aliphatic heterocycles. The molecule has 0 bridgehead atoms. The Kier molecular flexibility index (Phi) is 6.87. The first kappa shape index (κ1) is 13.0. The highest BCUT2D eigenvalue weighted by Crippen LogP contribution is 2.15. The molecule has 14 heavy (non-hydrogen) atoms. The maximum Gasteiger partial charge on any atom is 0.128 e. The summed E-state index contributed by atoms with van der Waals surface area (Å²) < 4.78 is 1.02. The van der Waals surface area contributed by atoms with Crippen molar-refractivity contribution >= 4 is 21.7 Å². The lowest BCUT2D eigenvalue weighted by molar-refractivity contribution is 1.13. The zero-order valence-corrected chi connectivity index (χ0v) is 10.4. The standard InChI is InChI=1S/C8H11BrN2.C3H4/c1-3-10-8-6(2)4-7(9)5-11-8;1-3-2/h4-5H,3H2,1-2H3,(H,10,11);1H,2H3. The summed E-state index contributed by atoms with van der Waals surface area (Å²) in [5.74, 6) is 3.22. The van der Waals surface area contributed by atoms with Crippen molar-refractivity contribution in [1.29, 1.82) is 0 Å². The van der Waals surface area contributed by atoms with Crippen molar-refractivity contribution in [1.82, 2.24) is 4.98 Å². The Bertz CT molecular complexity index is 316. The van der Waals surface area contributed by atoms with Crippen molar-refractivity contribution < 1.29 is 0 Å². The number of nitrogens with one attached hydrogen (secondary N) is 1. The smallest absolute Gasteiger partial charge is 0.128 e. The number of pyridine rings is 1. The molecule has 0 saturated heterocycles. The van der Waals surface area contributed by atoms with Gasteiger partial charge >= 0.3 is 0 Å². The van der Waals surface area contributed by atoms with Crippen LogP contribution in [0.25, 0.3) is 0 Å². The molecular formula is C11H15BrN2. The summed E-state index contributed by atoms with van der Waals surface area (Å²) >= 11 is 3.36. The van der Waals surface area contributed by atoms with Crippen LogP contribution < -0.4 is 5.32 Å². The maximum atomic E-state index is 4.60. The summed E-state index contributed by atoms with van der Waals surface area (Å²) in [6, 6.07) is 2.05. The molecule has 0 atom stereocenters. The van der Waals surface area contributed by atoms with Gasteiger partial charge in [0.1, 0.15) is 5.82 Å². The van der Waals surface area contributed by atoms with Gasteiger partial charge < -0.3 is 5.32 Å². The number of aryl methyl sites for hydroxylation is 1. The molecular weight excluding hydrogens is 240 g/mol. The third-order valence-corrected chi connectivity index (χ3v) is 1.82. The van der Waals surface area contributed by atoms with Crippen molar-refractivity contribution in [2.24, 2.45) is 0 Å². The lowest BCUT2D eigenvalue weighted by Crippen LogP contribution is -2.00. The van der Waals surface area contributed by atoms with Crippen LogP contribution in [-0.2, 0) is 0 Å². The normalized spacial score (nSPS) is 8.21. The van der Waals surface area contributed by atoms with E-state index < -0.39 is 0 Å². The average molecular weight is 255 g/mol. The summed E-state index contributed by atoms with van der Waals surface area (Å²) in [6.45, 7) is 6.66. The van der Waals surface area contributed by atoms with Gasteiger partial charge in [0.05, 0.1) is 0 Å². The minimum atomic E-state index is 0.912. The average Bonchev–Trinajstić information content (AvgIpc) is 2.11. The molecule has 76 valence electrons. The van der Waals surface area contributed by atoms with Gasteiger partial charge in [-0.2, -0.15) is 0 Å². The molecule has 0 fully saturated rings. The lowest BCUT2D eigenvalue weighted by Gasteiger charge is -2.04. The van der Waals surface area contributed by atoms with Crippen LogP contribution in [-0.4, -0.2) is 11.5 Å². The van der Waals surface area contributed by atoms with Gasteiger partial charge in [0.2, 0.25) is 0 Å². The molecule has 0 saturated carbocycles. The zero-order valence-electron chi connectivity index (χ0n) is 8.76.